The Morgan fingerprint density at radius 1 is 1.23 bits per heavy atom. The Balaban J connectivity index is 2.02. The Morgan fingerprint density at radius 3 is 2.62 bits per heavy atom. The van der Waals surface area contributed by atoms with Gasteiger partial charge in [0, 0.05) is 0 Å². The number of methoxy groups -OCH3 is 1. The highest BCUT2D eigenvalue weighted by molar-refractivity contribution is 6.32. The first kappa shape index (κ1) is 19.5. The number of hydrogen-bond acceptors (Lipinski definition) is 5. The summed E-state index contributed by atoms with van der Waals surface area (Å²) in [6.45, 7) is 1.57. The van der Waals surface area contributed by atoms with Crippen LogP contribution in [0.2, 0.25) is 5.02 Å². The van der Waals surface area contributed by atoms with Crippen molar-refractivity contribution in [2.75, 3.05) is 25.6 Å². The molecule has 0 radical (unpaired) electrons. The van der Waals surface area contributed by atoms with Crippen molar-refractivity contribution in [3.05, 3.63) is 52.8 Å². The molecule has 0 aliphatic rings. The van der Waals surface area contributed by atoms with Crippen LogP contribution < -0.4 is 14.8 Å². The highest BCUT2D eigenvalue weighted by atomic mass is 35.5. The molecule has 0 bridgehead atoms. The number of rotatable bonds is 7. The SMILES string of the molecule is CCOc1c(Cl)cc(C(=O)OCC(=O)Nc2ccccc2F)cc1OC. The fourth-order valence-corrected chi connectivity index (χ4v) is 2.35. The molecule has 138 valence electrons. The van der Waals surface area contributed by atoms with Crippen LogP contribution in [0, 0.1) is 5.82 Å². The summed E-state index contributed by atoms with van der Waals surface area (Å²) in [5.74, 6) is -1.47. The van der Waals surface area contributed by atoms with Crippen molar-refractivity contribution in [2.45, 2.75) is 6.92 Å². The summed E-state index contributed by atoms with van der Waals surface area (Å²) in [6, 6.07) is 8.41. The van der Waals surface area contributed by atoms with Gasteiger partial charge in [-0.15, -0.1) is 0 Å². The number of carbonyl (C=O) groups is 2. The van der Waals surface area contributed by atoms with Crippen molar-refractivity contribution in [3.8, 4) is 11.5 Å². The fraction of sp³-hybridized carbons (Fsp3) is 0.222. The summed E-state index contributed by atoms with van der Waals surface area (Å²) in [5.41, 5.74) is 0.0910. The number of para-hydroxylation sites is 1. The number of amides is 1. The number of esters is 1. The normalized spacial score (nSPS) is 10.2. The van der Waals surface area contributed by atoms with E-state index in [1.54, 1.807) is 13.0 Å². The molecular formula is C18H17ClFNO5. The Kier molecular flexibility index (Phi) is 6.80. The summed E-state index contributed by atoms with van der Waals surface area (Å²) < 4.78 is 28.9. The number of anilines is 1. The standard InChI is InChI=1S/C18H17ClFNO5/c1-3-25-17-12(19)8-11(9-15(17)24-2)18(23)26-10-16(22)21-14-7-5-4-6-13(14)20/h4-9H,3,10H2,1-2H3,(H,21,22). The Labute approximate surface area is 154 Å². The van der Waals surface area contributed by atoms with Gasteiger partial charge in [-0.05, 0) is 31.2 Å². The van der Waals surface area contributed by atoms with Crippen molar-refractivity contribution in [1.29, 1.82) is 0 Å². The van der Waals surface area contributed by atoms with Gasteiger partial charge >= 0.3 is 5.97 Å². The third-order valence-electron chi connectivity index (χ3n) is 3.24. The van der Waals surface area contributed by atoms with Crippen molar-refractivity contribution in [2.24, 2.45) is 0 Å². The van der Waals surface area contributed by atoms with Gasteiger partial charge in [0.15, 0.2) is 18.1 Å². The zero-order valence-electron chi connectivity index (χ0n) is 14.2. The van der Waals surface area contributed by atoms with Gasteiger partial charge in [-0.25, -0.2) is 9.18 Å². The molecule has 0 saturated heterocycles. The minimum Gasteiger partial charge on any atom is -0.493 e. The van der Waals surface area contributed by atoms with Crippen molar-refractivity contribution < 1.29 is 28.2 Å². The van der Waals surface area contributed by atoms with E-state index in [4.69, 9.17) is 25.8 Å². The van der Waals surface area contributed by atoms with Gasteiger partial charge in [0.1, 0.15) is 5.82 Å². The second kappa shape index (κ2) is 9.05. The van der Waals surface area contributed by atoms with Gasteiger partial charge in [-0.1, -0.05) is 23.7 Å². The summed E-state index contributed by atoms with van der Waals surface area (Å²) in [6.07, 6.45) is 0. The van der Waals surface area contributed by atoms with Crippen LogP contribution in [0.3, 0.4) is 0 Å². The van der Waals surface area contributed by atoms with E-state index in [1.165, 1.54) is 37.4 Å². The first-order valence-corrected chi connectivity index (χ1v) is 8.05. The fourth-order valence-electron chi connectivity index (χ4n) is 2.09. The molecule has 0 aliphatic heterocycles. The lowest BCUT2D eigenvalue weighted by molar-refractivity contribution is -0.119. The molecular weight excluding hydrogens is 365 g/mol. The second-order valence-electron chi connectivity index (χ2n) is 5.03. The molecule has 2 rings (SSSR count). The van der Waals surface area contributed by atoms with E-state index in [-0.39, 0.29) is 22.0 Å². The third kappa shape index (κ3) is 4.86. The monoisotopic (exact) mass is 381 g/mol. The van der Waals surface area contributed by atoms with Crippen LogP contribution in [0.1, 0.15) is 17.3 Å². The number of hydrogen-bond donors (Lipinski definition) is 1. The lowest BCUT2D eigenvalue weighted by atomic mass is 10.2. The minimum absolute atomic E-state index is 0.000620. The van der Waals surface area contributed by atoms with E-state index in [1.807, 2.05) is 0 Å². The molecule has 8 heteroatoms. The van der Waals surface area contributed by atoms with Crippen molar-refractivity contribution in [1.82, 2.24) is 0 Å². The molecule has 0 unspecified atom stereocenters. The van der Waals surface area contributed by atoms with Crippen LogP contribution in [0.4, 0.5) is 10.1 Å². The van der Waals surface area contributed by atoms with E-state index in [2.05, 4.69) is 5.32 Å². The number of carbonyl (C=O) groups excluding carboxylic acids is 2. The second-order valence-corrected chi connectivity index (χ2v) is 5.43. The molecule has 1 N–H and O–H groups in total. The third-order valence-corrected chi connectivity index (χ3v) is 3.52. The molecule has 0 heterocycles. The first-order chi connectivity index (χ1) is 12.5. The van der Waals surface area contributed by atoms with Crippen LogP contribution in [0.25, 0.3) is 0 Å². The molecule has 0 spiro atoms. The van der Waals surface area contributed by atoms with Gasteiger partial charge in [0.2, 0.25) is 0 Å². The van der Waals surface area contributed by atoms with Crippen LogP contribution in [0.5, 0.6) is 11.5 Å². The highest BCUT2D eigenvalue weighted by Crippen LogP contribution is 2.36. The van der Waals surface area contributed by atoms with E-state index in [0.29, 0.717) is 12.4 Å². The number of ether oxygens (including phenoxy) is 3. The van der Waals surface area contributed by atoms with Crippen molar-refractivity contribution in [3.63, 3.8) is 0 Å². The Morgan fingerprint density at radius 2 is 1.96 bits per heavy atom. The Bertz CT molecular complexity index is 812. The molecule has 0 atom stereocenters. The topological polar surface area (TPSA) is 73.9 Å². The summed E-state index contributed by atoms with van der Waals surface area (Å²) in [5, 5.41) is 2.49. The average Bonchev–Trinajstić information content (AvgIpc) is 2.63. The summed E-state index contributed by atoms with van der Waals surface area (Å²) in [4.78, 5) is 23.9. The Hall–Kier alpha value is -2.80. The summed E-state index contributed by atoms with van der Waals surface area (Å²) in [7, 11) is 1.41. The molecule has 0 aromatic heterocycles. The zero-order chi connectivity index (χ0) is 19.1. The zero-order valence-corrected chi connectivity index (χ0v) is 14.9. The van der Waals surface area contributed by atoms with E-state index < -0.39 is 24.3 Å². The smallest absolute Gasteiger partial charge is 0.338 e. The van der Waals surface area contributed by atoms with Crippen LogP contribution in [0.15, 0.2) is 36.4 Å². The molecule has 2 aromatic rings. The number of halogens is 2. The van der Waals surface area contributed by atoms with E-state index in [0.717, 1.165) is 0 Å². The maximum atomic E-state index is 13.5. The first-order valence-electron chi connectivity index (χ1n) is 7.68. The largest absolute Gasteiger partial charge is 0.493 e. The van der Waals surface area contributed by atoms with Gasteiger partial charge < -0.3 is 19.5 Å². The predicted octanol–water partition coefficient (Wildman–Crippen LogP) is 3.68. The molecule has 0 aliphatic carbocycles. The van der Waals surface area contributed by atoms with Gasteiger partial charge in [0.25, 0.3) is 5.91 Å². The lowest BCUT2D eigenvalue weighted by Gasteiger charge is -2.13. The minimum atomic E-state index is -0.781. The lowest BCUT2D eigenvalue weighted by Crippen LogP contribution is -2.21. The summed E-state index contributed by atoms with van der Waals surface area (Å²) >= 11 is 6.09. The molecule has 26 heavy (non-hydrogen) atoms. The number of nitrogens with one attached hydrogen (secondary N) is 1. The van der Waals surface area contributed by atoms with E-state index >= 15 is 0 Å². The van der Waals surface area contributed by atoms with E-state index in [9.17, 15) is 14.0 Å². The van der Waals surface area contributed by atoms with Gasteiger partial charge in [-0.3, -0.25) is 4.79 Å². The van der Waals surface area contributed by atoms with Gasteiger partial charge in [-0.2, -0.15) is 0 Å². The molecule has 1 amide bonds. The maximum Gasteiger partial charge on any atom is 0.338 e. The average molecular weight is 382 g/mol. The van der Waals surface area contributed by atoms with Crippen LogP contribution >= 0.6 is 11.6 Å². The molecule has 0 saturated carbocycles. The molecule has 0 fully saturated rings. The molecule has 6 nitrogen and oxygen atoms in total. The predicted molar refractivity (Wildman–Crippen MR) is 94.5 cm³/mol. The highest BCUT2D eigenvalue weighted by Gasteiger charge is 2.18. The van der Waals surface area contributed by atoms with Crippen molar-refractivity contribution >= 4 is 29.2 Å². The number of benzene rings is 2. The van der Waals surface area contributed by atoms with Crippen LogP contribution in [-0.2, 0) is 9.53 Å². The molecule has 2 aromatic carbocycles. The van der Waals surface area contributed by atoms with Gasteiger partial charge in [0.05, 0.1) is 30.0 Å². The quantitative estimate of drug-likeness (QED) is 0.740. The maximum absolute atomic E-state index is 13.5. The van der Waals surface area contributed by atoms with Crippen LogP contribution in [-0.4, -0.2) is 32.2 Å².